The van der Waals surface area contributed by atoms with E-state index in [0.29, 0.717) is 12.4 Å². The Morgan fingerprint density at radius 3 is 2.55 bits per heavy atom. The van der Waals surface area contributed by atoms with Gasteiger partial charge in [0.25, 0.3) is 5.91 Å². The molecular weight excluding hydrogens is 481 g/mol. The topological polar surface area (TPSA) is 119 Å². The molecular formula is C29H24FN7O. The number of imidazole rings is 1. The number of aryl methyl sites for hydroxylation is 1. The third kappa shape index (κ3) is 5.34. The summed E-state index contributed by atoms with van der Waals surface area (Å²) in [5, 5.41) is 15.4. The molecule has 0 fully saturated rings. The number of nitrogens with zero attached hydrogens (tertiary/aromatic N) is 4. The van der Waals surface area contributed by atoms with Gasteiger partial charge >= 0.3 is 0 Å². The van der Waals surface area contributed by atoms with Crippen LogP contribution in [0.5, 0.6) is 0 Å². The highest BCUT2D eigenvalue weighted by atomic mass is 19.1. The molecule has 5 aromatic rings. The molecule has 0 aliphatic carbocycles. The van der Waals surface area contributed by atoms with Crippen LogP contribution in [0.4, 0.5) is 10.2 Å². The van der Waals surface area contributed by atoms with Gasteiger partial charge in [-0.15, -0.1) is 0 Å². The highest BCUT2D eigenvalue weighted by molar-refractivity contribution is 5.99. The maximum atomic E-state index is 13.3. The molecule has 5 rings (SSSR count). The first-order valence-corrected chi connectivity index (χ1v) is 12.0. The van der Waals surface area contributed by atoms with Crippen molar-refractivity contribution < 1.29 is 9.18 Å². The molecule has 1 amide bonds. The number of benzene rings is 2. The van der Waals surface area contributed by atoms with Gasteiger partial charge in [0.2, 0.25) is 0 Å². The third-order valence-electron chi connectivity index (χ3n) is 6.18. The van der Waals surface area contributed by atoms with Crippen LogP contribution in [0.1, 0.15) is 45.8 Å². The average Bonchev–Trinajstić information content (AvgIpc) is 3.31. The third-order valence-corrected chi connectivity index (χ3v) is 6.18. The number of nitrogens with one attached hydrogen (secondary N) is 3. The van der Waals surface area contributed by atoms with Crippen LogP contribution in [0, 0.1) is 24.1 Å². The number of H-pyrrole nitrogens is 1. The Morgan fingerprint density at radius 1 is 1.05 bits per heavy atom. The second kappa shape index (κ2) is 10.5. The first kappa shape index (κ1) is 24.6. The Hall–Kier alpha value is -5.10. The number of fused-ring (bicyclic) bond motifs is 1. The van der Waals surface area contributed by atoms with Gasteiger partial charge in [-0.2, -0.15) is 5.26 Å². The quantitative estimate of drug-likeness (QED) is 0.271. The predicted molar refractivity (Wildman–Crippen MR) is 143 cm³/mol. The summed E-state index contributed by atoms with van der Waals surface area (Å²) in [6.45, 7) is 4.12. The van der Waals surface area contributed by atoms with E-state index in [2.05, 4.69) is 30.6 Å². The zero-order valence-electron chi connectivity index (χ0n) is 20.8. The molecule has 0 saturated carbocycles. The van der Waals surface area contributed by atoms with Crippen molar-refractivity contribution in [3.63, 3.8) is 0 Å². The summed E-state index contributed by atoms with van der Waals surface area (Å²) in [5.74, 6) is 0.449. The Kier molecular flexibility index (Phi) is 6.78. The molecule has 3 heterocycles. The monoisotopic (exact) mass is 505 g/mol. The standard InChI is InChI=1S/C29H24FN7O/c1-17(21-7-9-24(30)10-8-21)35-29(38)25-11-20(13-31)15-33-27(25)32-14-19-3-5-22(6-4-19)23-12-26-28(34-16-23)37-18(2)36-26/h3-12,15-17H,14H2,1-2H3,(H,32,33)(H,35,38)(H,34,36,37)/t17-/m0/s1. The number of rotatable bonds is 7. The van der Waals surface area contributed by atoms with Crippen molar-refractivity contribution in [2.45, 2.75) is 26.4 Å². The van der Waals surface area contributed by atoms with Gasteiger partial charge in [-0.25, -0.2) is 19.3 Å². The fourth-order valence-corrected chi connectivity index (χ4v) is 4.12. The van der Waals surface area contributed by atoms with Crippen LogP contribution >= 0.6 is 0 Å². The molecule has 3 N–H and O–H groups in total. The van der Waals surface area contributed by atoms with E-state index in [9.17, 15) is 14.4 Å². The van der Waals surface area contributed by atoms with Gasteiger partial charge in [0, 0.05) is 24.5 Å². The maximum absolute atomic E-state index is 13.3. The van der Waals surface area contributed by atoms with E-state index in [1.165, 1.54) is 24.4 Å². The minimum Gasteiger partial charge on any atom is -0.365 e. The van der Waals surface area contributed by atoms with Crippen LogP contribution in [-0.2, 0) is 6.54 Å². The predicted octanol–water partition coefficient (Wildman–Crippen LogP) is 5.44. The first-order valence-electron chi connectivity index (χ1n) is 12.0. The number of anilines is 1. The number of amides is 1. The molecule has 0 aliphatic heterocycles. The van der Waals surface area contributed by atoms with Crippen molar-refractivity contribution in [1.82, 2.24) is 25.3 Å². The van der Waals surface area contributed by atoms with Crippen LogP contribution in [0.25, 0.3) is 22.3 Å². The summed E-state index contributed by atoms with van der Waals surface area (Å²) in [5.41, 5.74) is 5.82. The van der Waals surface area contributed by atoms with Crippen LogP contribution in [0.3, 0.4) is 0 Å². The summed E-state index contributed by atoms with van der Waals surface area (Å²) in [6.07, 6.45) is 3.23. The fourth-order valence-electron chi connectivity index (χ4n) is 4.12. The summed E-state index contributed by atoms with van der Waals surface area (Å²) in [6, 6.07) is 19.1. The number of pyridine rings is 2. The van der Waals surface area contributed by atoms with Gasteiger partial charge in [-0.05, 0) is 54.8 Å². The molecule has 0 saturated heterocycles. The highest BCUT2D eigenvalue weighted by Crippen LogP contribution is 2.23. The van der Waals surface area contributed by atoms with Gasteiger partial charge in [0.05, 0.1) is 17.2 Å². The number of hydrogen-bond acceptors (Lipinski definition) is 6. The van der Waals surface area contributed by atoms with Crippen molar-refractivity contribution in [3.05, 3.63) is 107 Å². The summed E-state index contributed by atoms with van der Waals surface area (Å²) in [7, 11) is 0. The molecule has 0 radical (unpaired) electrons. The molecule has 8 nitrogen and oxygen atoms in total. The van der Waals surface area contributed by atoms with Crippen molar-refractivity contribution >= 4 is 22.9 Å². The first-order chi connectivity index (χ1) is 18.4. The molecule has 0 aliphatic rings. The lowest BCUT2D eigenvalue weighted by atomic mass is 10.1. The van der Waals surface area contributed by atoms with E-state index >= 15 is 0 Å². The van der Waals surface area contributed by atoms with Gasteiger partial charge in [-0.1, -0.05) is 36.4 Å². The van der Waals surface area contributed by atoms with Crippen molar-refractivity contribution in [2.24, 2.45) is 0 Å². The molecule has 0 unspecified atom stereocenters. The Balaban J connectivity index is 1.30. The van der Waals surface area contributed by atoms with E-state index in [-0.39, 0.29) is 28.9 Å². The molecule has 3 aromatic heterocycles. The minimum atomic E-state index is -0.388. The van der Waals surface area contributed by atoms with Gasteiger partial charge in [-0.3, -0.25) is 4.79 Å². The van der Waals surface area contributed by atoms with Crippen LogP contribution in [-0.4, -0.2) is 25.8 Å². The van der Waals surface area contributed by atoms with Crippen LogP contribution in [0.15, 0.2) is 73.1 Å². The molecule has 1 atom stereocenters. The fraction of sp³-hybridized carbons (Fsp3) is 0.138. The number of hydrogen-bond donors (Lipinski definition) is 3. The van der Waals surface area contributed by atoms with Gasteiger partial charge in [0.15, 0.2) is 5.65 Å². The van der Waals surface area contributed by atoms with Crippen molar-refractivity contribution in [1.29, 1.82) is 5.26 Å². The lowest BCUT2D eigenvalue weighted by molar-refractivity contribution is 0.0940. The number of halogens is 1. The van der Waals surface area contributed by atoms with Crippen molar-refractivity contribution in [3.8, 4) is 17.2 Å². The number of carbonyl (C=O) groups is 1. The molecule has 188 valence electrons. The normalized spacial score (nSPS) is 11.6. The average molecular weight is 506 g/mol. The molecule has 9 heteroatoms. The molecule has 38 heavy (non-hydrogen) atoms. The highest BCUT2D eigenvalue weighted by Gasteiger charge is 2.17. The van der Waals surface area contributed by atoms with E-state index in [4.69, 9.17) is 0 Å². The summed E-state index contributed by atoms with van der Waals surface area (Å²) >= 11 is 0. The van der Waals surface area contributed by atoms with E-state index in [0.717, 1.165) is 39.2 Å². The van der Waals surface area contributed by atoms with Gasteiger partial charge in [0.1, 0.15) is 29.0 Å². The number of aromatic nitrogens is 4. The second-order valence-corrected chi connectivity index (χ2v) is 8.94. The largest absolute Gasteiger partial charge is 0.365 e. The van der Waals surface area contributed by atoms with Crippen LogP contribution < -0.4 is 10.6 Å². The number of carbonyl (C=O) groups excluding carboxylic acids is 1. The number of nitriles is 1. The zero-order valence-corrected chi connectivity index (χ0v) is 20.8. The Morgan fingerprint density at radius 2 is 1.82 bits per heavy atom. The van der Waals surface area contributed by atoms with E-state index in [1.807, 2.05) is 56.4 Å². The maximum Gasteiger partial charge on any atom is 0.255 e. The summed E-state index contributed by atoms with van der Waals surface area (Å²) < 4.78 is 13.3. The summed E-state index contributed by atoms with van der Waals surface area (Å²) in [4.78, 5) is 29.4. The SMILES string of the molecule is Cc1nc2cc(-c3ccc(CNc4ncc(C#N)cc4C(=O)N[C@@H](C)c4ccc(F)cc4)cc3)cnc2[nH]1. The molecule has 2 aromatic carbocycles. The minimum absolute atomic E-state index is 0.253. The molecule has 0 bridgehead atoms. The van der Waals surface area contributed by atoms with Crippen LogP contribution in [0.2, 0.25) is 0 Å². The molecule has 0 spiro atoms. The smallest absolute Gasteiger partial charge is 0.255 e. The Labute approximate surface area is 218 Å². The van der Waals surface area contributed by atoms with Crippen molar-refractivity contribution in [2.75, 3.05) is 5.32 Å². The lowest BCUT2D eigenvalue weighted by Crippen LogP contribution is -2.28. The number of aromatic amines is 1. The zero-order chi connectivity index (χ0) is 26.6. The lowest BCUT2D eigenvalue weighted by Gasteiger charge is -2.16. The van der Waals surface area contributed by atoms with Gasteiger partial charge < -0.3 is 15.6 Å². The van der Waals surface area contributed by atoms with E-state index < -0.39 is 0 Å². The van der Waals surface area contributed by atoms with E-state index in [1.54, 1.807) is 12.1 Å². The second-order valence-electron chi connectivity index (χ2n) is 8.94. The Bertz CT molecular complexity index is 1650.